The summed E-state index contributed by atoms with van der Waals surface area (Å²) in [7, 11) is 0. The minimum absolute atomic E-state index is 0.0447. The molecule has 1 aliphatic carbocycles. The molecule has 1 saturated carbocycles. The van der Waals surface area contributed by atoms with Crippen LogP contribution < -0.4 is 16.2 Å². The van der Waals surface area contributed by atoms with Gasteiger partial charge in [0.25, 0.3) is 5.56 Å². The van der Waals surface area contributed by atoms with Gasteiger partial charge in [0.2, 0.25) is 5.95 Å². The van der Waals surface area contributed by atoms with Crippen LogP contribution in [0.4, 0.5) is 17.3 Å². The maximum absolute atomic E-state index is 13.3. The molecule has 0 radical (unpaired) electrons. The number of pyridine rings is 1. The third kappa shape index (κ3) is 3.46. The van der Waals surface area contributed by atoms with Gasteiger partial charge in [-0.25, -0.2) is 14.3 Å². The van der Waals surface area contributed by atoms with E-state index in [4.69, 9.17) is 4.98 Å². The third-order valence-electron chi connectivity index (χ3n) is 6.34. The summed E-state index contributed by atoms with van der Waals surface area (Å²) >= 11 is 0. The second-order valence-corrected chi connectivity index (χ2v) is 9.95. The monoisotopic (exact) mass is 441 g/mol. The van der Waals surface area contributed by atoms with Crippen LogP contribution in [0.15, 0.2) is 47.5 Å². The Morgan fingerprint density at radius 1 is 1.12 bits per heavy atom. The molecule has 8 nitrogen and oxygen atoms in total. The largest absolute Gasteiger partial charge is 0.384 e. The first kappa shape index (κ1) is 20.0. The lowest BCUT2D eigenvalue weighted by atomic mass is 9.91. The molecular formula is C25H27N7O. The highest BCUT2D eigenvalue weighted by atomic mass is 16.1. The van der Waals surface area contributed by atoms with E-state index in [1.807, 2.05) is 27.7 Å². The number of benzene rings is 1. The molecule has 6 rings (SSSR count). The van der Waals surface area contributed by atoms with Crippen LogP contribution in [-0.2, 0) is 11.8 Å². The van der Waals surface area contributed by atoms with E-state index in [1.165, 1.54) is 11.3 Å². The van der Waals surface area contributed by atoms with Gasteiger partial charge < -0.3 is 10.6 Å². The molecule has 0 saturated heterocycles. The van der Waals surface area contributed by atoms with Crippen LogP contribution in [0.3, 0.4) is 0 Å². The fraction of sp³-hybridized carbons (Fsp3) is 0.360. The maximum atomic E-state index is 13.3. The van der Waals surface area contributed by atoms with E-state index in [9.17, 15) is 4.79 Å². The van der Waals surface area contributed by atoms with Crippen molar-refractivity contribution >= 4 is 28.4 Å². The van der Waals surface area contributed by atoms with E-state index in [0.717, 1.165) is 42.9 Å². The molecule has 3 aromatic heterocycles. The van der Waals surface area contributed by atoms with E-state index >= 15 is 0 Å². The number of aromatic nitrogens is 5. The molecular weight excluding hydrogens is 414 g/mol. The Labute approximate surface area is 191 Å². The van der Waals surface area contributed by atoms with Crippen LogP contribution in [0.5, 0.6) is 0 Å². The molecule has 33 heavy (non-hydrogen) atoms. The smallest absolute Gasteiger partial charge is 0.278 e. The average Bonchev–Trinajstić information content (AvgIpc) is 3.45. The van der Waals surface area contributed by atoms with Gasteiger partial charge in [0.1, 0.15) is 5.39 Å². The normalized spacial score (nSPS) is 15.5. The molecule has 1 fully saturated rings. The van der Waals surface area contributed by atoms with Gasteiger partial charge in [-0.15, -0.1) is 0 Å². The zero-order chi connectivity index (χ0) is 22.7. The Bertz CT molecular complexity index is 1440. The highest BCUT2D eigenvalue weighted by Gasteiger charge is 2.31. The second kappa shape index (κ2) is 7.16. The minimum atomic E-state index is -0.103. The number of rotatable bonds is 4. The van der Waals surface area contributed by atoms with Gasteiger partial charge in [-0.05, 0) is 55.2 Å². The van der Waals surface area contributed by atoms with Crippen LogP contribution in [0, 0.1) is 0 Å². The first-order chi connectivity index (χ1) is 15.9. The standard InChI is InChI=1S/C25H27N7O/c1-25(2,3)21-13-18(9-11-27-21)31-22-19(23(33)32(31)17-5-6-17)14-28-24(30-22)29-16-4-7-20-15(12-16)8-10-26-20/h4,7,9,11-14,17,26H,5-6,8,10H2,1-3H3,(H,28,29,30). The molecule has 168 valence electrons. The first-order valence-electron chi connectivity index (χ1n) is 11.5. The molecule has 4 aromatic rings. The van der Waals surface area contributed by atoms with Gasteiger partial charge in [-0.3, -0.25) is 9.78 Å². The van der Waals surface area contributed by atoms with Gasteiger partial charge in [0, 0.05) is 41.4 Å². The van der Waals surface area contributed by atoms with Crippen LogP contribution in [0.25, 0.3) is 16.7 Å². The highest BCUT2D eigenvalue weighted by Crippen LogP contribution is 2.36. The van der Waals surface area contributed by atoms with Gasteiger partial charge in [-0.2, -0.15) is 4.98 Å². The van der Waals surface area contributed by atoms with Crippen molar-refractivity contribution in [3.05, 3.63) is 64.3 Å². The van der Waals surface area contributed by atoms with Crippen molar-refractivity contribution in [1.29, 1.82) is 0 Å². The summed E-state index contributed by atoms with van der Waals surface area (Å²) in [6, 6.07) is 10.4. The van der Waals surface area contributed by atoms with Crippen molar-refractivity contribution in [2.24, 2.45) is 0 Å². The van der Waals surface area contributed by atoms with Gasteiger partial charge in [-0.1, -0.05) is 20.8 Å². The lowest BCUT2D eigenvalue weighted by Crippen LogP contribution is -2.22. The maximum Gasteiger partial charge on any atom is 0.278 e. The SMILES string of the molecule is CC(C)(C)c1cc(-n2c3nc(Nc4ccc5c(c4)CCN5)ncc3c(=O)n2C2CC2)ccn1. The van der Waals surface area contributed by atoms with E-state index in [0.29, 0.717) is 17.0 Å². The topological polar surface area (TPSA) is 89.7 Å². The van der Waals surface area contributed by atoms with Crippen molar-refractivity contribution in [2.45, 2.75) is 51.5 Å². The molecule has 1 aromatic carbocycles. The molecule has 4 heterocycles. The summed E-state index contributed by atoms with van der Waals surface area (Å²) in [5.74, 6) is 0.472. The van der Waals surface area contributed by atoms with Crippen molar-refractivity contribution in [1.82, 2.24) is 24.3 Å². The van der Waals surface area contributed by atoms with Crippen molar-refractivity contribution in [3.63, 3.8) is 0 Å². The molecule has 1 aliphatic heterocycles. The van der Waals surface area contributed by atoms with Crippen LogP contribution >= 0.6 is 0 Å². The number of anilines is 3. The summed E-state index contributed by atoms with van der Waals surface area (Å²) in [5, 5.41) is 7.23. The van der Waals surface area contributed by atoms with E-state index < -0.39 is 0 Å². The molecule has 0 atom stereocenters. The zero-order valence-electron chi connectivity index (χ0n) is 19.1. The Morgan fingerprint density at radius 2 is 1.97 bits per heavy atom. The zero-order valence-corrected chi connectivity index (χ0v) is 19.1. The predicted octanol–water partition coefficient (Wildman–Crippen LogP) is 4.32. The average molecular weight is 442 g/mol. The van der Waals surface area contributed by atoms with Crippen LogP contribution in [0.1, 0.15) is 50.9 Å². The number of hydrogen-bond acceptors (Lipinski definition) is 6. The summed E-state index contributed by atoms with van der Waals surface area (Å²) in [6.45, 7) is 7.37. The molecule has 2 N–H and O–H groups in total. The summed E-state index contributed by atoms with van der Waals surface area (Å²) in [5.41, 5.74) is 5.72. The Morgan fingerprint density at radius 3 is 2.76 bits per heavy atom. The fourth-order valence-corrected chi connectivity index (χ4v) is 4.43. The van der Waals surface area contributed by atoms with E-state index in [2.05, 4.69) is 59.6 Å². The van der Waals surface area contributed by atoms with Crippen LogP contribution in [-0.4, -0.2) is 30.9 Å². The van der Waals surface area contributed by atoms with Crippen molar-refractivity contribution in [2.75, 3.05) is 17.2 Å². The number of hydrogen-bond donors (Lipinski definition) is 2. The lowest BCUT2D eigenvalue weighted by molar-refractivity contribution is 0.549. The molecule has 8 heteroatoms. The Balaban J connectivity index is 1.48. The highest BCUT2D eigenvalue weighted by molar-refractivity contribution is 5.77. The molecule has 0 spiro atoms. The van der Waals surface area contributed by atoms with Crippen molar-refractivity contribution < 1.29 is 0 Å². The summed E-state index contributed by atoms with van der Waals surface area (Å²) in [6.07, 6.45) is 6.45. The van der Waals surface area contributed by atoms with E-state index in [1.54, 1.807) is 6.20 Å². The Kier molecular flexibility index (Phi) is 4.33. The minimum Gasteiger partial charge on any atom is -0.384 e. The Hall–Kier alpha value is -3.68. The van der Waals surface area contributed by atoms with Gasteiger partial charge in [0.15, 0.2) is 5.65 Å². The molecule has 2 aliphatic rings. The first-order valence-corrected chi connectivity index (χ1v) is 11.5. The summed E-state index contributed by atoms with van der Waals surface area (Å²) < 4.78 is 3.79. The molecule has 0 bridgehead atoms. The third-order valence-corrected chi connectivity index (χ3v) is 6.34. The van der Waals surface area contributed by atoms with Gasteiger partial charge >= 0.3 is 0 Å². The molecule has 0 unspecified atom stereocenters. The number of nitrogens with one attached hydrogen (secondary N) is 2. The van der Waals surface area contributed by atoms with Crippen molar-refractivity contribution in [3.8, 4) is 5.69 Å². The molecule has 0 amide bonds. The number of fused-ring (bicyclic) bond motifs is 2. The summed E-state index contributed by atoms with van der Waals surface area (Å²) in [4.78, 5) is 27.1. The number of nitrogens with zero attached hydrogens (tertiary/aromatic N) is 5. The quantitative estimate of drug-likeness (QED) is 0.490. The van der Waals surface area contributed by atoms with Gasteiger partial charge in [0.05, 0.1) is 11.7 Å². The lowest BCUT2D eigenvalue weighted by Gasteiger charge is -2.19. The van der Waals surface area contributed by atoms with Crippen LogP contribution in [0.2, 0.25) is 0 Å². The van der Waals surface area contributed by atoms with E-state index in [-0.39, 0.29) is 17.0 Å². The predicted molar refractivity (Wildman–Crippen MR) is 130 cm³/mol. The second-order valence-electron chi connectivity index (χ2n) is 9.95. The fourth-order valence-electron chi connectivity index (χ4n) is 4.43.